The Balaban J connectivity index is 1.16. The van der Waals surface area contributed by atoms with Gasteiger partial charge in [-0.3, -0.25) is 0 Å². The molecule has 0 atom stereocenters. The van der Waals surface area contributed by atoms with Crippen molar-refractivity contribution in [3.8, 4) is 33.4 Å². The molecule has 11 rings (SSSR count). The second-order valence-corrected chi connectivity index (χ2v) is 13.2. The monoisotopic (exact) mass is 636 g/mol. The molecule has 0 saturated heterocycles. The Labute approximate surface area is 287 Å². The fourth-order valence-corrected chi connectivity index (χ4v) is 8.27. The third kappa shape index (κ3) is 3.96. The fourth-order valence-electron chi connectivity index (χ4n) is 8.27. The van der Waals surface area contributed by atoms with Crippen molar-refractivity contribution in [1.82, 2.24) is 0 Å². The molecule has 2 heteroatoms. The maximum atomic E-state index is 6.35. The highest BCUT2D eigenvalue weighted by Gasteiger charge is 2.20. The van der Waals surface area contributed by atoms with Crippen LogP contribution in [0.1, 0.15) is 0 Å². The molecule has 232 valence electrons. The topological polar surface area (TPSA) is 26.3 Å². The van der Waals surface area contributed by atoms with Crippen LogP contribution < -0.4 is 0 Å². The van der Waals surface area contributed by atoms with E-state index in [-0.39, 0.29) is 0 Å². The Kier molecular flexibility index (Phi) is 5.70. The van der Waals surface area contributed by atoms with Crippen LogP contribution in [0.2, 0.25) is 0 Å². The SMILES string of the molecule is c1cc(-c2ccc3ccc(-c4c5ccccc5c(-c5cccc6oc7ccccc7c56)c5ccccc45)cc3c2)c2cc3occc3cc2c1. The lowest BCUT2D eigenvalue weighted by Crippen LogP contribution is -1.91. The molecular weight excluding hydrogens is 609 g/mol. The highest BCUT2D eigenvalue weighted by molar-refractivity contribution is 6.25. The summed E-state index contributed by atoms with van der Waals surface area (Å²) >= 11 is 0. The average Bonchev–Trinajstić information content (AvgIpc) is 3.79. The molecule has 0 aliphatic heterocycles. The predicted octanol–water partition coefficient (Wildman–Crippen LogP) is 13.9. The van der Waals surface area contributed by atoms with Gasteiger partial charge in [-0.1, -0.05) is 121 Å². The predicted molar refractivity (Wildman–Crippen MR) is 210 cm³/mol. The first-order valence-corrected chi connectivity index (χ1v) is 17.1. The van der Waals surface area contributed by atoms with Gasteiger partial charge in [0, 0.05) is 16.2 Å². The standard InChI is InChI=1S/C48H28O2/c1-3-12-38-36(10-1)46(37-11-2-4-13-39(37)47(38)41-16-8-18-44-48(41)40-14-5-6-17-43(40)50-44)33-22-20-29-19-21-31(26-34(29)27-33)35-15-7-9-30-25-32-23-24-49-45(32)28-42(30)35/h1-28H. The van der Waals surface area contributed by atoms with Crippen LogP contribution in [0.4, 0.5) is 0 Å². The molecule has 0 radical (unpaired) electrons. The molecule has 11 aromatic rings. The van der Waals surface area contributed by atoms with Crippen molar-refractivity contribution in [2.45, 2.75) is 0 Å². The van der Waals surface area contributed by atoms with Crippen molar-refractivity contribution in [2.75, 3.05) is 0 Å². The number of hydrogen-bond donors (Lipinski definition) is 0. The zero-order valence-electron chi connectivity index (χ0n) is 27.0. The molecule has 0 N–H and O–H groups in total. The highest BCUT2D eigenvalue weighted by Crippen LogP contribution is 2.47. The van der Waals surface area contributed by atoms with E-state index in [1.807, 2.05) is 12.1 Å². The van der Waals surface area contributed by atoms with Gasteiger partial charge in [0.1, 0.15) is 16.7 Å². The molecule has 2 heterocycles. The summed E-state index contributed by atoms with van der Waals surface area (Å²) in [5.74, 6) is 0. The molecule has 0 aliphatic carbocycles. The van der Waals surface area contributed by atoms with Gasteiger partial charge in [-0.25, -0.2) is 0 Å². The Morgan fingerprint density at radius 1 is 0.320 bits per heavy atom. The molecule has 50 heavy (non-hydrogen) atoms. The van der Waals surface area contributed by atoms with Crippen LogP contribution in [0.15, 0.2) is 179 Å². The first-order chi connectivity index (χ1) is 24.8. The van der Waals surface area contributed by atoms with Crippen molar-refractivity contribution in [3.05, 3.63) is 170 Å². The molecular formula is C48H28O2. The number of fused-ring (bicyclic) bond motifs is 8. The van der Waals surface area contributed by atoms with E-state index in [9.17, 15) is 0 Å². The first-order valence-electron chi connectivity index (χ1n) is 17.1. The number of para-hydroxylation sites is 1. The van der Waals surface area contributed by atoms with Gasteiger partial charge in [-0.2, -0.15) is 0 Å². The largest absolute Gasteiger partial charge is 0.464 e. The summed E-state index contributed by atoms with van der Waals surface area (Å²) in [7, 11) is 0. The van der Waals surface area contributed by atoms with Gasteiger partial charge in [-0.05, 0) is 119 Å². The molecule has 2 aromatic heterocycles. The smallest absolute Gasteiger partial charge is 0.136 e. The molecule has 2 nitrogen and oxygen atoms in total. The van der Waals surface area contributed by atoms with Crippen LogP contribution in [0.3, 0.4) is 0 Å². The average molecular weight is 637 g/mol. The van der Waals surface area contributed by atoms with Gasteiger partial charge in [-0.15, -0.1) is 0 Å². The normalized spacial score (nSPS) is 12.0. The van der Waals surface area contributed by atoms with Crippen molar-refractivity contribution in [2.24, 2.45) is 0 Å². The van der Waals surface area contributed by atoms with Crippen LogP contribution in [0, 0.1) is 0 Å². The van der Waals surface area contributed by atoms with Crippen LogP contribution >= 0.6 is 0 Å². The van der Waals surface area contributed by atoms with E-state index in [0.29, 0.717) is 0 Å². The molecule has 0 aliphatic rings. The molecule has 0 amide bonds. The van der Waals surface area contributed by atoms with Crippen molar-refractivity contribution >= 4 is 76.0 Å². The Bertz CT molecular complexity index is 3100. The molecule has 0 saturated carbocycles. The summed E-state index contributed by atoms with van der Waals surface area (Å²) in [6, 6.07) is 59.2. The lowest BCUT2D eigenvalue weighted by atomic mass is 9.84. The van der Waals surface area contributed by atoms with Gasteiger partial charge < -0.3 is 8.83 Å². The summed E-state index contributed by atoms with van der Waals surface area (Å²) in [4.78, 5) is 0. The van der Waals surface area contributed by atoms with E-state index in [2.05, 4.69) is 152 Å². The van der Waals surface area contributed by atoms with Gasteiger partial charge in [0.25, 0.3) is 0 Å². The van der Waals surface area contributed by atoms with E-state index in [0.717, 1.165) is 32.9 Å². The molecule has 0 fully saturated rings. The Hall–Kier alpha value is -6.64. The Morgan fingerprint density at radius 2 is 0.960 bits per heavy atom. The number of benzene rings is 9. The minimum Gasteiger partial charge on any atom is -0.464 e. The van der Waals surface area contributed by atoms with Crippen LogP contribution in [-0.4, -0.2) is 0 Å². The number of hydrogen-bond acceptors (Lipinski definition) is 2. The number of furan rings is 2. The van der Waals surface area contributed by atoms with Gasteiger partial charge in [0.15, 0.2) is 0 Å². The van der Waals surface area contributed by atoms with Crippen LogP contribution in [-0.2, 0) is 0 Å². The van der Waals surface area contributed by atoms with E-state index >= 15 is 0 Å². The summed E-state index contributed by atoms with van der Waals surface area (Å²) in [5, 5.41) is 13.2. The summed E-state index contributed by atoms with van der Waals surface area (Å²) in [6.45, 7) is 0. The number of rotatable bonds is 3. The molecule has 0 unspecified atom stereocenters. The molecule has 9 aromatic carbocycles. The third-order valence-corrected chi connectivity index (χ3v) is 10.5. The lowest BCUT2D eigenvalue weighted by molar-refractivity contribution is 0.616. The highest BCUT2D eigenvalue weighted by atomic mass is 16.3. The van der Waals surface area contributed by atoms with E-state index < -0.39 is 0 Å². The molecule has 0 spiro atoms. The van der Waals surface area contributed by atoms with Gasteiger partial charge in [0.05, 0.1) is 6.26 Å². The second kappa shape index (κ2) is 10.4. The van der Waals surface area contributed by atoms with E-state index in [1.165, 1.54) is 76.5 Å². The third-order valence-electron chi connectivity index (χ3n) is 10.5. The van der Waals surface area contributed by atoms with Crippen molar-refractivity contribution in [3.63, 3.8) is 0 Å². The second-order valence-electron chi connectivity index (χ2n) is 13.2. The maximum absolute atomic E-state index is 6.35. The first kappa shape index (κ1) is 27.3. The Morgan fingerprint density at radius 3 is 1.76 bits per heavy atom. The lowest BCUT2D eigenvalue weighted by Gasteiger charge is -2.18. The van der Waals surface area contributed by atoms with E-state index in [4.69, 9.17) is 8.83 Å². The fraction of sp³-hybridized carbons (Fsp3) is 0. The zero-order valence-corrected chi connectivity index (χ0v) is 27.0. The minimum atomic E-state index is 0.908. The van der Waals surface area contributed by atoms with Gasteiger partial charge in [0.2, 0.25) is 0 Å². The minimum absolute atomic E-state index is 0.908. The summed E-state index contributed by atoms with van der Waals surface area (Å²) < 4.78 is 12.1. The van der Waals surface area contributed by atoms with Crippen molar-refractivity contribution < 1.29 is 8.83 Å². The zero-order chi connectivity index (χ0) is 32.8. The van der Waals surface area contributed by atoms with Crippen LogP contribution in [0.5, 0.6) is 0 Å². The van der Waals surface area contributed by atoms with E-state index in [1.54, 1.807) is 6.26 Å². The summed E-state index contributed by atoms with van der Waals surface area (Å²) in [6.07, 6.45) is 1.76. The van der Waals surface area contributed by atoms with Gasteiger partial charge >= 0.3 is 0 Å². The quantitative estimate of drug-likeness (QED) is 0.180. The van der Waals surface area contributed by atoms with Crippen LogP contribution in [0.25, 0.3) is 109 Å². The maximum Gasteiger partial charge on any atom is 0.136 e. The molecule has 0 bridgehead atoms. The summed E-state index contributed by atoms with van der Waals surface area (Å²) in [5.41, 5.74) is 10.0. The van der Waals surface area contributed by atoms with Crippen molar-refractivity contribution in [1.29, 1.82) is 0 Å².